The number of esters is 1. The van der Waals surface area contributed by atoms with Crippen LogP contribution >= 0.6 is 0 Å². The van der Waals surface area contributed by atoms with Gasteiger partial charge in [0.1, 0.15) is 0 Å². The van der Waals surface area contributed by atoms with E-state index in [2.05, 4.69) is 21.9 Å². The molecular formula is C18H19N3O4. The van der Waals surface area contributed by atoms with Crippen molar-refractivity contribution in [2.24, 2.45) is 0 Å². The first kappa shape index (κ1) is 16.8. The van der Waals surface area contributed by atoms with Gasteiger partial charge in [0.15, 0.2) is 0 Å². The summed E-state index contributed by atoms with van der Waals surface area (Å²) < 4.78 is 4.79. The van der Waals surface area contributed by atoms with Crippen LogP contribution in [0.1, 0.15) is 10.4 Å². The summed E-state index contributed by atoms with van der Waals surface area (Å²) >= 11 is 0. The van der Waals surface area contributed by atoms with Gasteiger partial charge in [0.25, 0.3) is 5.69 Å². The number of carbonyl (C=O) groups is 1. The Morgan fingerprint density at radius 2 is 1.68 bits per heavy atom. The molecule has 0 saturated carbocycles. The summed E-state index contributed by atoms with van der Waals surface area (Å²) in [5.74, 6) is -0.566. The number of nitrogens with zero attached hydrogens (tertiary/aromatic N) is 3. The van der Waals surface area contributed by atoms with Crippen LogP contribution in [-0.4, -0.2) is 44.2 Å². The Kier molecular flexibility index (Phi) is 4.83. The summed E-state index contributed by atoms with van der Waals surface area (Å²) in [6.07, 6.45) is 0. The van der Waals surface area contributed by atoms with E-state index in [1.807, 2.05) is 18.2 Å². The molecule has 7 heteroatoms. The summed E-state index contributed by atoms with van der Waals surface area (Å²) in [4.78, 5) is 26.9. The number of ether oxygens (including phenoxy) is 1. The van der Waals surface area contributed by atoms with E-state index in [9.17, 15) is 14.9 Å². The molecule has 2 aromatic rings. The van der Waals surface area contributed by atoms with Gasteiger partial charge in [0, 0.05) is 44.0 Å². The van der Waals surface area contributed by atoms with Crippen LogP contribution in [0.2, 0.25) is 0 Å². The molecule has 1 aliphatic rings. The van der Waals surface area contributed by atoms with Gasteiger partial charge in [-0.25, -0.2) is 4.79 Å². The van der Waals surface area contributed by atoms with Gasteiger partial charge in [-0.3, -0.25) is 10.1 Å². The van der Waals surface area contributed by atoms with Gasteiger partial charge in [-0.05, 0) is 18.2 Å². The number of piperazine rings is 1. The van der Waals surface area contributed by atoms with Crippen molar-refractivity contribution in [2.75, 3.05) is 43.1 Å². The fraction of sp³-hybridized carbons (Fsp3) is 0.278. The molecule has 0 aromatic heterocycles. The average Bonchev–Trinajstić information content (AvgIpc) is 2.67. The highest BCUT2D eigenvalue weighted by atomic mass is 16.6. The normalized spacial score (nSPS) is 14.3. The third-order valence-electron chi connectivity index (χ3n) is 4.34. The highest BCUT2D eigenvalue weighted by molar-refractivity contribution is 5.96. The van der Waals surface area contributed by atoms with E-state index in [-0.39, 0.29) is 11.3 Å². The Morgan fingerprint density at radius 1 is 1.04 bits per heavy atom. The number of non-ortho nitro benzene ring substituents is 1. The van der Waals surface area contributed by atoms with Crippen molar-refractivity contribution >= 4 is 23.0 Å². The monoisotopic (exact) mass is 341 g/mol. The number of benzene rings is 2. The summed E-state index contributed by atoms with van der Waals surface area (Å²) in [6, 6.07) is 14.5. The average molecular weight is 341 g/mol. The van der Waals surface area contributed by atoms with Crippen LogP contribution < -0.4 is 9.80 Å². The van der Waals surface area contributed by atoms with Crippen molar-refractivity contribution < 1.29 is 14.5 Å². The van der Waals surface area contributed by atoms with Crippen LogP contribution in [0.3, 0.4) is 0 Å². The highest BCUT2D eigenvalue weighted by Gasteiger charge is 2.24. The molecule has 0 spiro atoms. The largest absolute Gasteiger partial charge is 0.465 e. The van der Waals surface area contributed by atoms with Gasteiger partial charge < -0.3 is 14.5 Å². The standard InChI is InChI=1S/C18H19N3O4/c1-25-18(22)16-13-15(21(23)24)7-8-17(16)20-11-9-19(10-12-20)14-5-3-2-4-6-14/h2-8,13H,9-12H2,1H3. The van der Waals surface area contributed by atoms with E-state index in [4.69, 9.17) is 4.74 Å². The zero-order valence-electron chi connectivity index (χ0n) is 13.9. The fourth-order valence-corrected chi connectivity index (χ4v) is 3.03. The van der Waals surface area contributed by atoms with Gasteiger partial charge in [-0.2, -0.15) is 0 Å². The van der Waals surface area contributed by atoms with Crippen molar-refractivity contribution in [1.29, 1.82) is 0 Å². The molecule has 0 radical (unpaired) electrons. The fourth-order valence-electron chi connectivity index (χ4n) is 3.03. The lowest BCUT2D eigenvalue weighted by Gasteiger charge is -2.37. The second-order valence-corrected chi connectivity index (χ2v) is 5.76. The van der Waals surface area contributed by atoms with Crippen LogP contribution in [0.4, 0.5) is 17.1 Å². The van der Waals surface area contributed by atoms with Gasteiger partial charge in [-0.15, -0.1) is 0 Å². The molecule has 7 nitrogen and oxygen atoms in total. The number of rotatable bonds is 4. The molecule has 0 bridgehead atoms. The number of nitro benzene ring substituents is 1. The molecule has 3 rings (SSSR count). The smallest absolute Gasteiger partial charge is 0.340 e. The number of anilines is 2. The Bertz CT molecular complexity index is 771. The van der Waals surface area contributed by atoms with Crippen LogP contribution in [0, 0.1) is 10.1 Å². The summed E-state index contributed by atoms with van der Waals surface area (Å²) in [5, 5.41) is 11.0. The maximum Gasteiger partial charge on any atom is 0.340 e. The van der Waals surface area contributed by atoms with Crippen molar-refractivity contribution in [1.82, 2.24) is 0 Å². The predicted octanol–water partition coefficient (Wildman–Crippen LogP) is 2.71. The van der Waals surface area contributed by atoms with E-state index in [1.165, 1.54) is 24.9 Å². The SMILES string of the molecule is COC(=O)c1cc([N+](=O)[O-])ccc1N1CCN(c2ccccc2)CC1. The number of hydrogen-bond donors (Lipinski definition) is 0. The summed E-state index contributed by atoms with van der Waals surface area (Å²) in [7, 11) is 1.28. The molecule has 1 aliphatic heterocycles. The van der Waals surface area contributed by atoms with Gasteiger partial charge in [0.2, 0.25) is 0 Å². The molecule has 0 atom stereocenters. The van der Waals surface area contributed by atoms with Crippen LogP contribution in [0.5, 0.6) is 0 Å². The van der Waals surface area contributed by atoms with E-state index in [1.54, 1.807) is 6.07 Å². The third kappa shape index (κ3) is 3.55. The second-order valence-electron chi connectivity index (χ2n) is 5.76. The van der Waals surface area contributed by atoms with Crippen molar-refractivity contribution in [3.05, 3.63) is 64.2 Å². The third-order valence-corrected chi connectivity index (χ3v) is 4.34. The lowest BCUT2D eigenvalue weighted by molar-refractivity contribution is -0.384. The van der Waals surface area contributed by atoms with Gasteiger partial charge >= 0.3 is 5.97 Å². The maximum absolute atomic E-state index is 12.1. The van der Waals surface area contributed by atoms with Crippen molar-refractivity contribution in [2.45, 2.75) is 0 Å². The molecule has 1 fully saturated rings. The number of methoxy groups -OCH3 is 1. The second kappa shape index (κ2) is 7.21. The van der Waals surface area contributed by atoms with Crippen LogP contribution in [0.25, 0.3) is 0 Å². The lowest BCUT2D eigenvalue weighted by Crippen LogP contribution is -2.47. The van der Waals surface area contributed by atoms with Crippen LogP contribution in [0.15, 0.2) is 48.5 Å². The topological polar surface area (TPSA) is 75.9 Å². The zero-order chi connectivity index (χ0) is 17.8. The molecule has 2 aromatic carbocycles. The molecule has 1 saturated heterocycles. The van der Waals surface area contributed by atoms with E-state index >= 15 is 0 Å². The first-order valence-electron chi connectivity index (χ1n) is 8.02. The Morgan fingerprint density at radius 3 is 2.28 bits per heavy atom. The van der Waals surface area contributed by atoms with Crippen LogP contribution in [-0.2, 0) is 4.74 Å². The van der Waals surface area contributed by atoms with E-state index in [0.29, 0.717) is 5.69 Å². The van der Waals surface area contributed by atoms with E-state index in [0.717, 1.165) is 26.2 Å². The molecule has 1 heterocycles. The first-order chi connectivity index (χ1) is 12.1. The molecule has 0 N–H and O–H groups in total. The minimum absolute atomic E-state index is 0.118. The first-order valence-corrected chi connectivity index (χ1v) is 8.02. The Labute approximate surface area is 145 Å². The number of hydrogen-bond acceptors (Lipinski definition) is 6. The van der Waals surface area contributed by atoms with Gasteiger partial charge in [-0.1, -0.05) is 18.2 Å². The minimum atomic E-state index is -0.566. The lowest BCUT2D eigenvalue weighted by atomic mass is 10.1. The number of carbonyl (C=O) groups excluding carboxylic acids is 1. The van der Waals surface area contributed by atoms with Gasteiger partial charge in [0.05, 0.1) is 23.3 Å². The Balaban J connectivity index is 1.81. The molecule has 0 amide bonds. The summed E-state index contributed by atoms with van der Waals surface area (Å²) in [5.41, 5.74) is 1.95. The predicted molar refractivity (Wildman–Crippen MR) is 95.3 cm³/mol. The molecule has 25 heavy (non-hydrogen) atoms. The minimum Gasteiger partial charge on any atom is -0.465 e. The van der Waals surface area contributed by atoms with Crippen molar-refractivity contribution in [3.8, 4) is 0 Å². The molecular weight excluding hydrogens is 322 g/mol. The summed E-state index contributed by atoms with van der Waals surface area (Å²) in [6.45, 7) is 3.05. The van der Waals surface area contributed by atoms with Crippen molar-refractivity contribution in [3.63, 3.8) is 0 Å². The molecule has 130 valence electrons. The van der Waals surface area contributed by atoms with E-state index < -0.39 is 10.9 Å². The highest BCUT2D eigenvalue weighted by Crippen LogP contribution is 2.28. The number of nitro groups is 1. The Hall–Kier alpha value is -3.09. The quantitative estimate of drug-likeness (QED) is 0.483. The number of para-hydroxylation sites is 1. The maximum atomic E-state index is 12.1. The molecule has 0 aliphatic carbocycles. The molecule has 0 unspecified atom stereocenters. The zero-order valence-corrected chi connectivity index (χ0v) is 13.9.